The SMILES string of the molecule is Fc1cccc(OC2=NO[C@@H](c3ccc(Oc4ccccc4)cc3)C2)c1. The van der Waals surface area contributed by atoms with E-state index in [0.717, 1.165) is 17.1 Å². The Morgan fingerprint density at radius 1 is 0.808 bits per heavy atom. The summed E-state index contributed by atoms with van der Waals surface area (Å²) in [5.74, 6) is 2.00. The molecular formula is C21H16FNO3. The number of nitrogens with zero attached hydrogens (tertiary/aromatic N) is 1. The van der Waals surface area contributed by atoms with Crippen LogP contribution in [0.4, 0.5) is 4.39 Å². The average molecular weight is 349 g/mol. The van der Waals surface area contributed by atoms with E-state index in [1.807, 2.05) is 54.6 Å². The summed E-state index contributed by atoms with van der Waals surface area (Å²) in [5, 5.41) is 3.95. The van der Waals surface area contributed by atoms with E-state index in [1.165, 1.54) is 12.1 Å². The highest BCUT2D eigenvalue weighted by Crippen LogP contribution is 2.30. The van der Waals surface area contributed by atoms with Crippen LogP contribution in [0.25, 0.3) is 0 Å². The zero-order chi connectivity index (χ0) is 17.8. The molecule has 0 radical (unpaired) electrons. The molecular weight excluding hydrogens is 333 g/mol. The minimum absolute atomic E-state index is 0.232. The van der Waals surface area contributed by atoms with E-state index in [9.17, 15) is 4.39 Å². The number of halogens is 1. The Balaban J connectivity index is 1.37. The molecule has 0 bridgehead atoms. The van der Waals surface area contributed by atoms with E-state index < -0.39 is 0 Å². The van der Waals surface area contributed by atoms with Gasteiger partial charge in [-0.25, -0.2) is 4.39 Å². The quantitative estimate of drug-likeness (QED) is 0.627. The van der Waals surface area contributed by atoms with E-state index in [-0.39, 0.29) is 11.9 Å². The van der Waals surface area contributed by atoms with Gasteiger partial charge in [-0.3, -0.25) is 0 Å². The van der Waals surface area contributed by atoms with E-state index >= 15 is 0 Å². The van der Waals surface area contributed by atoms with Crippen molar-refractivity contribution in [3.05, 3.63) is 90.2 Å². The Labute approximate surface area is 150 Å². The van der Waals surface area contributed by atoms with E-state index in [0.29, 0.717) is 18.1 Å². The fraction of sp³-hybridized carbons (Fsp3) is 0.0952. The van der Waals surface area contributed by atoms with Crippen LogP contribution >= 0.6 is 0 Å². The largest absolute Gasteiger partial charge is 0.457 e. The monoisotopic (exact) mass is 349 g/mol. The average Bonchev–Trinajstić information content (AvgIpc) is 3.12. The predicted molar refractivity (Wildman–Crippen MR) is 95.9 cm³/mol. The summed E-state index contributed by atoms with van der Waals surface area (Å²) in [5.41, 5.74) is 0.965. The number of hydrogen-bond donors (Lipinski definition) is 0. The van der Waals surface area contributed by atoms with E-state index in [1.54, 1.807) is 12.1 Å². The van der Waals surface area contributed by atoms with E-state index in [2.05, 4.69) is 5.16 Å². The zero-order valence-corrected chi connectivity index (χ0v) is 13.8. The lowest BCUT2D eigenvalue weighted by Crippen LogP contribution is -2.07. The maximum absolute atomic E-state index is 13.2. The van der Waals surface area contributed by atoms with Crippen LogP contribution in [0.15, 0.2) is 84.0 Å². The molecule has 1 aliphatic heterocycles. The number of rotatable bonds is 4. The van der Waals surface area contributed by atoms with Gasteiger partial charge in [0, 0.05) is 6.07 Å². The maximum Gasteiger partial charge on any atom is 0.235 e. The van der Waals surface area contributed by atoms with Crippen molar-refractivity contribution >= 4 is 5.90 Å². The molecule has 0 amide bonds. The molecule has 0 N–H and O–H groups in total. The Hall–Kier alpha value is -3.34. The molecule has 4 nitrogen and oxygen atoms in total. The van der Waals surface area contributed by atoms with Crippen molar-refractivity contribution in [2.75, 3.05) is 0 Å². The van der Waals surface area contributed by atoms with Crippen LogP contribution in [0.2, 0.25) is 0 Å². The van der Waals surface area contributed by atoms with Gasteiger partial charge >= 0.3 is 0 Å². The van der Waals surface area contributed by atoms with Crippen LogP contribution in [0, 0.1) is 5.82 Å². The third-order valence-electron chi connectivity index (χ3n) is 3.90. The van der Waals surface area contributed by atoms with Gasteiger partial charge in [0.2, 0.25) is 5.90 Å². The van der Waals surface area contributed by atoms with Crippen LogP contribution in [0.5, 0.6) is 17.2 Å². The second-order valence-electron chi connectivity index (χ2n) is 5.83. The van der Waals surface area contributed by atoms with Gasteiger partial charge in [0.1, 0.15) is 23.1 Å². The molecule has 5 heteroatoms. The van der Waals surface area contributed by atoms with Gasteiger partial charge in [-0.1, -0.05) is 41.6 Å². The first kappa shape index (κ1) is 16.1. The van der Waals surface area contributed by atoms with Gasteiger partial charge in [0.25, 0.3) is 0 Å². The minimum atomic E-state index is -0.354. The van der Waals surface area contributed by atoms with Gasteiger partial charge in [0.15, 0.2) is 6.10 Å². The normalized spacial score (nSPS) is 15.9. The molecule has 0 saturated carbocycles. The molecule has 0 saturated heterocycles. The lowest BCUT2D eigenvalue weighted by atomic mass is 10.1. The molecule has 0 fully saturated rings. The van der Waals surface area contributed by atoms with Crippen LogP contribution in [0.1, 0.15) is 18.1 Å². The predicted octanol–water partition coefficient (Wildman–Crippen LogP) is 5.47. The van der Waals surface area contributed by atoms with Crippen molar-refractivity contribution in [3.63, 3.8) is 0 Å². The summed E-state index contributed by atoms with van der Waals surface area (Å²) in [6.45, 7) is 0. The van der Waals surface area contributed by atoms with Crippen molar-refractivity contribution in [2.24, 2.45) is 5.16 Å². The fourth-order valence-electron chi connectivity index (χ4n) is 2.64. The summed E-state index contributed by atoms with van der Waals surface area (Å²) in [7, 11) is 0. The molecule has 0 unspecified atom stereocenters. The van der Waals surface area contributed by atoms with Crippen molar-refractivity contribution < 1.29 is 18.7 Å². The first-order valence-electron chi connectivity index (χ1n) is 8.25. The topological polar surface area (TPSA) is 40.0 Å². The molecule has 4 rings (SSSR count). The minimum Gasteiger partial charge on any atom is -0.457 e. The maximum atomic E-state index is 13.2. The van der Waals surface area contributed by atoms with Gasteiger partial charge in [-0.2, -0.15) is 0 Å². The molecule has 0 aliphatic carbocycles. The van der Waals surface area contributed by atoms with Gasteiger partial charge < -0.3 is 14.3 Å². The van der Waals surface area contributed by atoms with Crippen molar-refractivity contribution in [2.45, 2.75) is 12.5 Å². The highest BCUT2D eigenvalue weighted by molar-refractivity contribution is 5.79. The summed E-state index contributed by atoms with van der Waals surface area (Å²) in [6.07, 6.45) is 0.249. The Morgan fingerprint density at radius 2 is 1.54 bits per heavy atom. The summed E-state index contributed by atoms with van der Waals surface area (Å²) < 4.78 is 24.6. The lowest BCUT2D eigenvalue weighted by molar-refractivity contribution is 0.0855. The van der Waals surface area contributed by atoms with Crippen molar-refractivity contribution in [1.82, 2.24) is 0 Å². The second-order valence-corrected chi connectivity index (χ2v) is 5.83. The van der Waals surface area contributed by atoms with Gasteiger partial charge in [-0.05, 0) is 42.0 Å². The summed E-state index contributed by atoms with van der Waals surface area (Å²) in [4.78, 5) is 5.44. The standard InChI is InChI=1S/C21H16FNO3/c22-16-5-4-8-19(13-16)25-21-14-20(26-23-21)15-9-11-18(12-10-15)24-17-6-2-1-3-7-17/h1-13,20H,14H2/t20-/m1/s1. The Bertz CT molecular complexity index is 910. The second kappa shape index (κ2) is 7.27. The van der Waals surface area contributed by atoms with Crippen molar-refractivity contribution in [1.29, 1.82) is 0 Å². The van der Waals surface area contributed by atoms with Gasteiger partial charge in [0.05, 0.1) is 6.42 Å². The summed E-state index contributed by atoms with van der Waals surface area (Å²) >= 11 is 0. The molecule has 0 aromatic heterocycles. The molecule has 1 atom stereocenters. The van der Waals surface area contributed by atoms with Crippen LogP contribution < -0.4 is 9.47 Å². The third-order valence-corrected chi connectivity index (χ3v) is 3.90. The van der Waals surface area contributed by atoms with Crippen LogP contribution in [-0.4, -0.2) is 5.90 Å². The number of oxime groups is 1. The summed E-state index contributed by atoms with van der Waals surface area (Å²) in [6, 6.07) is 23.2. The molecule has 3 aromatic rings. The van der Waals surface area contributed by atoms with E-state index in [4.69, 9.17) is 14.3 Å². The zero-order valence-electron chi connectivity index (χ0n) is 13.8. The molecule has 3 aromatic carbocycles. The highest BCUT2D eigenvalue weighted by Gasteiger charge is 2.24. The number of ether oxygens (including phenoxy) is 2. The number of para-hydroxylation sites is 1. The number of benzene rings is 3. The fourth-order valence-corrected chi connectivity index (χ4v) is 2.64. The first-order chi connectivity index (χ1) is 12.8. The smallest absolute Gasteiger partial charge is 0.235 e. The molecule has 0 spiro atoms. The Kier molecular flexibility index (Phi) is 4.51. The van der Waals surface area contributed by atoms with Gasteiger partial charge in [-0.15, -0.1) is 0 Å². The number of hydrogen-bond acceptors (Lipinski definition) is 4. The van der Waals surface area contributed by atoms with Crippen LogP contribution in [0.3, 0.4) is 0 Å². The third kappa shape index (κ3) is 3.83. The molecule has 130 valence electrons. The lowest BCUT2D eigenvalue weighted by Gasteiger charge is -2.10. The Morgan fingerprint density at radius 3 is 2.31 bits per heavy atom. The highest BCUT2D eigenvalue weighted by atomic mass is 19.1. The molecule has 1 aliphatic rings. The van der Waals surface area contributed by atoms with Crippen LogP contribution in [-0.2, 0) is 4.84 Å². The first-order valence-corrected chi connectivity index (χ1v) is 8.25. The van der Waals surface area contributed by atoms with Crippen molar-refractivity contribution in [3.8, 4) is 17.2 Å². The molecule has 26 heavy (non-hydrogen) atoms. The molecule has 1 heterocycles.